The summed E-state index contributed by atoms with van der Waals surface area (Å²) in [7, 11) is 0. The number of aliphatic hydroxyl groups is 4. The van der Waals surface area contributed by atoms with Gasteiger partial charge in [0.2, 0.25) is 0 Å². The van der Waals surface area contributed by atoms with Crippen LogP contribution in [0.15, 0.2) is 0 Å². The van der Waals surface area contributed by atoms with Gasteiger partial charge in [0, 0.05) is 0 Å². The minimum atomic E-state index is -2.07. The summed E-state index contributed by atoms with van der Waals surface area (Å²) in [5, 5.41) is 42.2. The van der Waals surface area contributed by atoms with Crippen molar-refractivity contribution in [2.75, 3.05) is 6.61 Å². The van der Waals surface area contributed by atoms with E-state index in [9.17, 15) is 4.79 Å². The minimum Gasteiger partial charge on any atom is -0.479 e. The molecule has 6 nitrogen and oxygen atoms in total. The van der Waals surface area contributed by atoms with E-state index in [1.165, 1.54) is 0 Å². The van der Waals surface area contributed by atoms with E-state index in [1.54, 1.807) is 0 Å². The van der Waals surface area contributed by atoms with Gasteiger partial charge in [0.25, 0.3) is 0 Å². The first kappa shape index (κ1) is 15.1. The van der Waals surface area contributed by atoms with Gasteiger partial charge in [0.1, 0.15) is 12.2 Å². The molecule has 7 heteroatoms. The molecule has 0 rings (SSSR count). The van der Waals surface area contributed by atoms with E-state index in [4.69, 9.17) is 25.5 Å². The van der Waals surface area contributed by atoms with Crippen molar-refractivity contribution in [1.29, 1.82) is 0 Å². The van der Waals surface area contributed by atoms with Crippen LogP contribution >= 0.6 is 0 Å². The summed E-state index contributed by atoms with van der Waals surface area (Å²) in [6.45, 7) is -0.800. The molecule has 12 heavy (non-hydrogen) atoms. The Morgan fingerprint density at radius 1 is 1.25 bits per heavy atom. The van der Waals surface area contributed by atoms with Gasteiger partial charge in [-0.25, -0.2) is 4.79 Å². The molecular formula is C5H10CaO6+2. The molecule has 0 aromatic carbocycles. The largest absolute Gasteiger partial charge is 2.00 e. The van der Waals surface area contributed by atoms with Crippen LogP contribution < -0.4 is 0 Å². The molecule has 0 aliphatic carbocycles. The number of hydrogen-bond donors (Lipinski definition) is 5. The second-order valence-corrected chi connectivity index (χ2v) is 2.02. The Morgan fingerprint density at radius 2 is 1.67 bits per heavy atom. The first-order chi connectivity index (χ1) is 5.00. The molecule has 0 unspecified atom stereocenters. The number of aliphatic carboxylic acids is 1. The second kappa shape index (κ2) is 7.02. The summed E-state index contributed by atoms with van der Waals surface area (Å²) < 4.78 is 0. The normalized spacial score (nSPS) is 17.3. The van der Waals surface area contributed by atoms with E-state index in [0.29, 0.717) is 0 Å². The molecule has 0 aromatic heterocycles. The summed E-state index contributed by atoms with van der Waals surface area (Å²) in [6.07, 6.45) is -5.57. The van der Waals surface area contributed by atoms with E-state index in [1.807, 2.05) is 0 Å². The quantitative estimate of drug-likeness (QED) is 0.309. The molecule has 0 aliphatic rings. The molecule has 0 heterocycles. The predicted molar refractivity (Wildman–Crippen MR) is 38.5 cm³/mol. The van der Waals surface area contributed by atoms with Gasteiger partial charge < -0.3 is 25.5 Å². The van der Waals surface area contributed by atoms with Gasteiger partial charge in [0.15, 0.2) is 6.10 Å². The van der Waals surface area contributed by atoms with Gasteiger partial charge in [-0.15, -0.1) is 0 Å². The smallest absolute Gasteiger partial charge is 0.479 e. The molecule has 66 valence electrons. The number of hydrogen-bond acceptors (Lipinski definition) is 5. The molecule has 0 radical (unpaired) electrons. The van der Waals surface area contributed by atoms with Gasteiger partial charge in [0.05, 0.1) is 6.61 Å². The molecule has 0 spiro atoms. The van der Waals surface area contributed by atoms with E-state index in [0.717, 1.165) is 0 Å². The van der Waals surface area contributed by atoms with E-state index >= 15 is 0 Å². The number of rotatable bonds is 4. The first-order valence-corrected chi connectivity index (χ1v) is 2.88. The fourth-order valence-electron chi connectivity index (χ4n) is 0.465. The summed E-state index contributed by atoms with van der Waals surface area (Å²) in [6, 6.07) is 0. The maximum Gasteiger partial charge on any atom is 2.00 e. The fraction of sp³-hybridized carbons (Fsp3) is 0.800. The molecule has 3 atom stereocenters. The Morgan fingerprint density at radius 3 is 1.92 bits per heavy atom. The van der Waals surface area contributed by atoms with Gasteiger partial charge in [-0.1, -0.05) is 0 Å². The van der Waals surface area contributed by atoms with Crippen molar-refractivity contribution in [3.8, 4) is 0 Å². The molecule has 5 N–H and O–H groups in total. The van der Waals surface area contributed by atoms with Gasteiger partial charge in [-0.3, -0.25) is 0 Å². The maximum absolute atomic E-state index is 9.96. The number of carbonyl (C=O) groups is 1. The summed E-state index contributed by atoms with van der Waals surface area (Å²) in [5.41, 5.74) is 0. The Balaban J connectivity index is 0. The Labute approximate surface area is 98.4 Å². The van der Waals surface area contributed by atoms with Crippen LogP contribution in [0.3, 0.4) is 0 Å². The van der Waals surface area contributed by atoms with E-state index in [-0.39, 0.29) is 37.7 Å². The average Bonchev–Trinajstić information content (AvgIpc) is 2.00. The maximum atomic E-state index is 9.96. The second-order valence-electron chi connectivity index (χ2n) is 2.02. The zero-order valence-corrected chi connectivity index (χ0v) is 8.50. The van der Waals surface area contributed by atoms with Crippen LogP contribution in [0.4, 0.5) is 0 Å². The van der Waals surface area contributed by atoms with Crippen molar-refractivity contribution in [2.45, 2.75) is 18.3 Å². The van der Waals surface area contributed by atoms with E-state index in [2.05, 4.69) is 0 Å². The van der Waals surface area contributed by atoms with Crippen LogP contribution in [-0.4, -0.2) is 94.2 Å². The number of carboxylic acids is 1. The summed E-state index contributed by atoms with van der Waals surface area (Å²) in [5.74, 6) is -1.65. The van der Waals surface area contributed by atoms with Crippen LogP contribution in [0.5, 0.6) is 0 Å². The predicted octanol–water partition coefficient (Wildman–Crippen LogP) is -3.23. The van der Waals surface area contributed by atoms with Crippen LogP contribution in [0.25, 0.3) is 0 Å². The zero-order valence-electron chi connectivity index (χ0n) is 6.29. The van der Waals surface area contributed by atoms with Crippen molar-refractivity contribution in [2.24, 2.45) is 0 Å². The van der Waals surface area contributed by atoms with Crippen molar-refractivity contribution in [3.63, 3.8) is 0 Å². The Hall–Kier alpha value is 0.570. The van der Waals surface area contributed by atoms with Gasteiger partial charge in [-0.2, -0.15) is 0 Å². The molecule has 0 aliphatic heterocycles. The SMILES string of the molecule is O=C(O)[C@@H](O)[C@@H](O)[C@@H](O)CO.[Ca+2]. The third-order valence-corrected chi connectivity index (χ3v) is 1.16. The monoisotopic (exact) mass is 206 g/mol. The standard InChI is InChI=1S/C5H10O6.Ca/c6-1-2(7)3(8)4(9)5(10)11;/h2-4,6-9H,1H2,(H,10,11);/q;+2/t2-,3-,4-;/m0./s1. The Kier molecular flexibility index (Phi) is 8.81. The Bertz CT molecular complexity index is 140. The van der Waals surface area contributed by atoms with Crippen molar-refractivity contribution < 1.29 is 30.3 Å². The third-order valence-electron chi connectivity index (χ3n) is 1.16. The molecule has 0 amide bonds. The third kappa shape index (κ3) is 4.56. The topological polar surface area (TPSA) is 118 Å². The molecule has 0 aromatic rings. The fourth-order valence-corrected chi connectivity index (χ4v) is 0.465. The molecule has 0 saturated carbocycles. The van der Waals surface area contributed by atoms with Crippen LogP contribution in [0.1, 0.15) is 0 Å². The van der Waals surface area contributed by atoms with Crippen LogP contribution in [0, 0.1) is 0 Å². The number of aliphatic hydroxyl groups excluding tert-OH is 4. The molecule has 0 bridgehead atoms. The first-order valence-electron chi connectivity index (χ1n) is 2.88. The molecular weight excluding hydrogens is 196 g/mol. The zero-order chi connectivity index (χ0) is 9.02. The van der Waals surface area contributed by atoms with Gasteiger partial charge >= 0.3 is 43.7 Å². The van der Waals surface area contributed by atoms with Crippen LogP contribution in [0.2, 0.25) is 0 Å². The van der Waals surface area contributed by atoms with Crippen LogP contribution in [-0.2, 0) is 4.79 Å². The summed E-state index contributed by atoms with van der Waals surface area (Å²) in [4.78, 5) is 9.96. The van der Waals surface area contributed by atoms with Crippen molar-refractivity contribution in [3.05, 3.63) is 0 Å². The van der Waals surface area contributed by atoms with E-state index < -0.39 is 30.9 Å². The van der Waals surface area contributed by atoms with Crippen molar-refractivity contribution >= 4 is 43.7 Å². The molecule has 0 fully saturated rings. The minimum absolute atomic E-state index is 0. The number of carboxylic acid groups (broad SMARTS) is 1. The average molecular weight is 206 g/mol. The van der Waals surface area contributed by atoms with Gasteiger partial charge in [-0.05, 0) is 0 Å². The summed E-state index contributed by atoms with van der Waals surface area (Å²) >= 11 is 0. The molecule has 0 saturated heterocycles. The van der Waals surface area contributed by atoms with Crippen molar-refractivity contribution in [1.82, 2.24) is 0 Å².